The first kappa shape index (κ1) is 26.1. The van der Waals surface area contributed by atoms with Crippen LogP contribution in [0.5, 0.6) is 28.7 Å². The number of anilines is 3. The maximum absolute atomic E-state index is 13.6. The number of phenolic OH excluding ortho intramolecular Hbond substituents is 1. The van der Waals surface area contributed by atoms with Gasteiger partial charge in [0.25, 0.3) is 0 Å². The fourth-order valence-electron chi connectivity index (χ4n) is 5.17. The molecular formula is C26H14F9NO3P-. The van der Waals surface area contributed by atoms with Crippen LogP contribution in [0.15, 0.2) is 72.8 Å². The molecule has 0 aromatic heterocycles. The zero-order valence-corrected chi connectivity index (χ0v) is 20.5. The first-order chi connectivity index (χ1) is 18.3. The molecule has 0 amide bonds. The summed E-state index contributed by atoms with van der Waals surface area (Å²) in [5.41, 5.74) is 3.30. The van der Waals surface area contributed by atoms with Gasteiger partial charge >= 0.3 is 39.2 Å². The quantitative estimate of drug-likeness (QED) is 0.153. The second-order valence-corrected chi connectivity index (χ2v) is 11.1. The van der Waals surface area contributed by atoms with Gasteiger partial charge in [0.1, 0.15) is 28.7 Å². The molecule has 1 N–H and O–H groups in total. The van der Waals surface area contributed by atoms with Gasteiger partial charge in [0.15, 0.2) is 0 Å². The van der Waals surface area contributed by atoms with Gasteiger partial charge < -0.3 is 19.5 Å². The third-order valence-corrected chi connectivity index (χ3v) is 6.39. The van der Waals surface area contributed by atoms with Gasteiger partial charge in [0, 0.05) is 22.8 Å². The average molecular weight is 590 g/mol. The molecule has 0 atom stereocenters. The molecule has 0 aliphatic carbocycles. The Kier molecular flexibility index (Phi) is 4.92. The van der Waals surface area contributed by atoms with E-state index in [9.17, 15) is 43.5 Å². The van der Waals surface area contributed by atoms with Crippen LogP contribution in [0.1, 0.15) is 28.2 Å². The Labute approximate surface area is 219 Å². The zero-order valence-electron chi connectivity index (χ0n) is 19.6. The van der Waals surface area contributed by atoms with E-state index in [0.29, 0.717) is 34.4 Å². The predicted octanol–water partition coefficient (Wildman–Crippen LogP) is 11.0. The van der Waals surface area contributed by atoms with Crippen molar-refractivity contribution in [2.45, 2.75) is 12.1 Å². The molecule has 4 nitrogen and oxygen atoms in total. The number of halogens is 9. The molecule has 0 bridgehead atoms. The van der Waals surface area contributed by atoms with E-state index in [-0.39, 0.29) is 11.6 Å². The second-order valence-electron chi connectivity index (χ2n) is 9.21. The smallest absolute Gasteiger partial charge is 0.416 e. The van der Waals surface area contributed by atoms with Crippen LogP contribution in [-0.4, -0.2) is 5.11 Å². The van der Waals surface area contributed by atoms with Crippen LogP contribution in [0.2, 0.25) is 0 Å². The summed E-state index contributed by atoms with van der Waals surface area (Å²) in [5, 5.41) is 10.2. The molecule has 210 valence electrons. The van der Waals surface area contributed by atoms with Gasteiger partial charge in [-0.3, -0.25) is 0 Å². The number of aromatic hydroxyl groups is 1. The molecule has 7 rings (SSSR count). The summed E-state index contributed by atoms with van der Waals surface area (Å²) in [4.78, 5) is 1.73. The van der Waals surface area contributed by atoms with E-state index < -0.39 is 25.3 Å². The molecule has 3 heterocycles. The molecule has 0 unspecified atom stereocenters. The Morgan fingerprint density at radius 2 is 1.07 bits per heavy atom. The van der Waals surface area contributed by atoms with Crippen LogP contribution in [0.3, 0.4) is 0 Å². The summed E-state index contributed by atoms with van der Waals surface area (Å²) in [6.45, 7) is 0. The van der Waals surface area contributed by atoms with Crippen LogP contribution in [-0.2, 0) is 6.18 Å². The Bertz CT molecular complexity index is 1630. The first-order valence-electron chi connectivity index (χ1n) is 11.4. The Balaban J connectivity index is 0.000000370. The Hall–Kier alpha value is -4.12. The Morgan fingerprint density at radius 1 is 0.650 bits per heavy atom. The number of hydrogen-bond acceptors (Lipinski definition) is 4. The molecule has 40 heavy (non-hydrogen) atoms. The van der Waals surface area contributed by atoms with E-state index in [2.05, 4.69) is 0 Å². The molecule has 3 aliphatic heterocycles. The van der Waals surface area contributed by atoms with Crippen LogP contribution < -0.4 is 14.4 Å². The summed E-state index contributed by atoms with van der Waals surface area (Å²) >= 11 is 0. The normalized spacial score (nSPS) is 16.4. The third-order valence-electron chi connectivity index (χ3n) is 6.39. The van der Waals surface area contributed by atoms with Gasteiger partial charge in [0.05, 0.1) is 28.5 Å². The Morgan fingerprint density at radius 3 is 1.52 bits per heavy atom. The minimum Gasteiger partial charge on any atom is -0.508 e. The van der Waals surface area contributed by atoms with Gasteiger partial charge in [-0.05, 0) is 48.5 Å². The van der Waals surface area contributed by atoms with E-state index in [1.165, 1.54) is 6.07 Å². The van der Waals surface area contributed by atoms with Gasteiger partial charge in [-0.25, -0.2) is 0 Å². The molecular weight excluding hydrogens is 576 g/mol. The molecule has 0 saturated carbocycles. The van der Waals surface area contributed by atoms with Crippen molar-refractivity contribution in [3.8, 4) is 28.7 Å². The SMILES string of the molecule is F[P-](F)(F)(F)(F)F.Oc1cc(N2c3cccc4c3C3c5c(cccc5Oc5cccc2c53)O4)cc(C(F)(F)F)c1. The first-order valence-corrected chi connectivity index (χ1v) is 13.4. The van der Waals surface area contributed by atoms with Crippen molar-refractivity contribution in [1.82, 2.24) is 0 Å². The molecule has 0 saturated heterocycles. The van der Waals surface area contributed by atoms with Crippen molar-refractivity contribution < 1.29 is 52.9 Å². The predicted molar refractivity (Wildman–Crippen MR) is 129 cm³/mol. The summed E-state index contributed by atoms with van der Waals surface area (Å²) < 4.78 is 112. The van der Waals surface area contributed by atoms with E-state index >= 15 is 0 Å². The fourth-order valence-corrected chi connectivity index (χ4v) is 5.17. The average Bonchev–Trinajstić information content (AvgIpc) is 2.81. The number of nitrogens with zero attached hydrogens (tertiary/aromatic N) is 1. The molecule has 3 aliphatic rings. The fraction of sp³-hybridized carbons (Fsp3) is 0.0769. The second kappa shape index (κ2) is 7.54. The number of benzene rings is 4. The van der Waals surface area contributed by atoms with Crippen molar-refractivity contribution in [2.24, 2.45) is 0 Å². The van der Waals surface area contributed by atoms with Gasteiger partial charge in [-0.2, -0.15) is 13.2 Å². The van der Waals surface area contributed by atoms with Gasteiger partial charge in [0.2, 0.25) is 0 Å². The zero-order chi connectivity index (χ0) is 28.9. The van der Waals surface area contributed by atoms with Crippen LogP contribution >= 0.6 is 7.81 Å². The summed E-state index contributed by atoms with van der Waals surface area (Å²) in [6.07, 6.45) is -4.60. The molecule has 0 spiro atoms. The van der Waals surface area contributed by atoms with Crippen LogP contribution in [0.4, 0.5) is 55.4 Å². The van der Waals surface area contributed by atoms with Crippen molar-refractivity contribution in [2.75, 3.05) is 4.90 Å². The standard InChI is InChI=1S/C26H14F3NO3.F6P/c27-26(28,29)13-10-14(12-15(31)11-13)30-16-4-1-6-18-22(16)25-23-17(30)5-2-7-19(23)33-21-9-3-8-20(32-18)24(21)25;1-7(2,3,4,5)6/h1-12,25,31H;/q;-1. The largest absolute Gasteiger partial charge is 0.508 e. The van der Waals surface area contributed by atoms with Crippen LogP contribution in [0.25, 0.3) is 0 Å². The van der Waals surface area contributed by atoms with Crippen LogP contribution in [0, 0.1) is 0 Å². The minimum absolute atomic E-state index is 0.174. The number of hydrogen-bond donors (Lipinski definition) is 1. The molecule has 0 radical (unpaired) electrons. The monoisotopic (exact) mass is 590 g/mol. The van der Waals surface area contributed by atoms with Gasteiger partial charge in [-0.15, -0.1) is 0 Å². The number of alkyl halides is 3. The number of rotatable bonds is 1. The maximum Gasteiger partial charge on any atom is 0.416 e. The summed E-state index contributed by atoms with van der Waals surface area (Å²) in [5.74, 6) is 2.06. The van der Waals surface area contributed by atoms with Crippen molar-refractivity contribution in [3.05, 3.63) is 95.1 Å². The van der Waals surface area contributed by atoms with E-state index in [1.807, 2.05) is 54.6 Å². The third kappa shape index (κ3) is 4.74. The van der Waals surface area contributed by atoms with Crippen molar-refractivity contribution in [1.29, 1.82) is 0 Å². The summed E-state index contributed by atoms with van der Waals surface area (Å²) in [6, 6.07) is 19.8. The molecule has 0 fully saturated rings. The molecule has 4 aromatic carbocycles. The van der Waals surface area contributed by atoms with Crippen molar-refractivity contribution >= 4 is 24.9 Å². The van der Waals surface area contributed by atoms with E-state index in [1.54, 1.807) is 4.90 Å². The molecule has 4 aromatic rings. The van der Waals surface area contributed by atoms with E-state index in [0.717, 1.165) is 28.8 Å². The molecule has 14 heteroatoms. The number of phenols is 1. The van der Waals surface area contributed by atoms with E-state index in [4.69, 9.17) is 9.47 Å². The minimum atomic E-state index is -10.7. The maximum atomic E-state index is 13.6. The summed E-state index contributed by atoms with van der Waals surface area (Å²) in [7, 11) is -10.7. The topological polar surface area (TPSA) is 41.9 Å². The van der Waals surface area contributed by atoms with Crippen molar-refractivity contribution in [3.63, 3.8) is 0 Å². The number of ether oxygens (including phenoxy) is 2. The van der Waals surface area contributed by atoms with Gasteiger partial charge in [-0.1, -0.05) is 18.2 Å².